The minimum absolute atomic E-state index is 0.214. The third-order valence-electron chi connectivity index (χ3n) is 3.06. The van der Waals surface area contributed by atoms with Crippen molar-refractivity contribution in [2.45, 2.75) is 19.4 Å². The number of carboxylic acid groups (broad SMARTS) is 1. The second kappa shape index (κ2) is 4.41. The maximum absolute atomic E-state index is 13.6. The van der Waals surface area contributed by atoms with Crippen LogP contribution >= 0.6 is 0 Å². The minimum atomic E-state index is -0.909. The lowest BCUT2D eigenvalue weighted by molar-refractivity contribution is -0.141. The molecule has 0 bridgehead atoms. The van der Waals surface area contributed by atoms with Crippen molar-refractivity contribution in [1.82, 2.24) is 5.32 Å². The maximum atomic E-state index is 13.6. The minimum Gasteiger partial charge on any atom is -0.481 e. The first-order valence-electron chi connectivity index (χ1n) is 5.40. The molecular formula is C12H13F2NO2. The molecule has 3 nitrogen and oxygen atoms in total. The van der Waals surface area contributed by atoms with Gasteiger partial charge >= 0.3 is 5.97 Å². The van der Waals surface area contributed by atoms with Gasteiger partial charge in [0.15, 0.2) is 11.6 Å². The summed E-state index contributed by atoms with van der Waals surface area (Å²) in [4.78, 5) is 10.8. The van der Waals surface area contributed by atoms with Crippen molar-refractivity contribution in [3.05, 3.63) is 34.9 Å². The molecule has 1 saturated heterocycles. The molecule has 1 aliphatic heterocycles. The van der Waals surface area contributed by atoms with Crippen LogP contribution in [0.5, 0.6) is 0 Å². The Morgan fingerprint density at radius 1 is 1.47 bits per heavy atom. The molecule has 2 unspecified atom stereocenters. The summed E-state index contributed by atoms with van der Waals surface area (Å²) in [6, 6.07) is 2.26. The summed E-state index contributed by atoms with van der Waals surface area (Å²) >= 11 is 0. The van der Waals surface area contributed by atoms with Gasteiger partial charge in [0.1, 0.15) is 0 Å². The molecule has 2 atom stereocenters. The smallest absolute Gasteiger partial charge is 0.307 e. The normalized spacial score (nSPS) is 23.9. The SMILES string of the molecule is Cc1cc(F)c(F)c(C2CC(C(=O)O)CN2)c1. The molecule has 17 heavy (non-hydrogen) atoms. The summed E-state index contributed by atoms with van der Waals surface area (Å²) in [7, 11) is 0. The zero-order chi connectivity index (χ0) is 12.6. The fraction of sp³-hybridized carbons (Fsp3) is 0.417. The molecule has 0 aliphatic carbocycles. The lowest BCUT2D eigenvalue weighted by Gasteiger charge is -2.13. The van der Waals surface area contributed by atoms with Gasteiger partial charge in [-0.25, -0.2) is 8.78 Å². The van der Waals surface area contributed by atoms with Gasteiger partial charge in [0, 0.05) is 18.2 Å². The lowest BCUT2D eigenvalue weighted by atomic mass is 9.98. The Hall–Kier alpha value is -1.49. The first-order valence-corrected chi connectivity index (χ1v) is 5.40. The van der Waals surface area contributed by atoms with Crippen molar-refractivity contribution in [3.8, 4) is 0 Å². The van der Waals surface area contributed by atoms with E-state index in [2.05, 4.69) is 5.32 Å². The van der Waals surface area contributed by atoms with Crippen LogP contribution in [0.1, 0.15) is 23.6 Å². The quantitative estimate of drug-likeness (QED) is 0.832. The Labute approximate surface area is 97.5 Å². The zero-order valence-corrected chi connectivity index (χ0v) is 9.34. The number of carboxylic acids is 1. The average Bonchev–Trinajstić information content (AvgIpc) is 2.72. The highest BCUT2D eigenvalue weighted by molar-refractivity contribution is 5.70. The monoisotopic (exact) mass is 241 g/mol. The molecule has 2 N–H and O–H groups in total. The molecule has 92 valence electrons. The van der Waals surface area contributed by atoms with Gasteiger partial charge in [0.2, 0.25) is 0 Å². The molecule has 0 radical (unpaired) electrons. The van der Waals surface area contributed by atoms with Gasteiger partial charge < -0.3 is 10.4 Å². The van der Waals surface area contributed by atoms with Gasteiger partial charge in [-0.1, -0.05) is 6.07 Å². The van der Waals surface area contributed by atoms with Crippen LogP contribution in [0.25, 0.3) is 0 Å². The van der Waals surface area contributed by atoms with Gasteiger partial charge in [0.05, 0.1) is 5.92 Å². The Morgan fingerprint density at radius 2 is 2.18 bits per heavy atom. The molecule has 0 spiro atoms. The molecule has 1 aliphatic rings. The van der Waals surface area contributed by atoms with Crippen molar-refractivity contribution >= 4 is 5.97 Å². The lowest BCUT2D eigenvalue weighted by Crippen LogP contribution is -2.18. The topological polar surface area (TPSA) is 49.3 Å². The van der Waals surface area contributed by atoms with E-state index >= 15 is 0 Å². The highest BCUT2D eigenvalue weighted by atomic mass is 19.2. The van der Waals surface area contributed by atoms with Crippen LogP contribution in [0.15, 0.2) is 12.1 Å². The molecule has 1 fully saturated rings. The van der Waals surface area contributed by atoms with E-state index in [0.29, 0.717) is 5.56 Å². The zero-order valence-electron chi connectivity index (χ0n) is 9.34. The summed E-state index contributed by atoms with van der Waals surface area (Å²) in [5.41, 5.74) is 0.839. The summed E-state index contributed by atoms with van der Waals surface area (Å²) in [6.45, 7) is 1.96. The van der Waals surface area contributed by atoms with Crippen LogP contribution < -0.4 is 5.32 Å². The molecule has 1 aromatic carbocycles. The van der Waals surface area contributed by atoms with Crippen LogP contribution in [-0.4, -0.2) is 17.6 Å². The first kappa shape index (κ1) is 12.0. The van der Waals surface area contributed by atoms with E-state index < -0.39 is 29.6 Å². The Balaban J connectivity index is 2.27. The van der Waals surface area contributed by atoms with Crippen molar-refractivity contribution in [2.75, 3.05) is 6.54 Å². The predicted molar refractivity (Wildman–Crippen MR) is 57.6 cm³/mol. The number of rotatable bonds is 2. The van der Waals surface area contributed by atoms with E-state index in [9.17, 15) is 13.6 Å². The fourth-order valence-electron chi connectivity index (χ4n) is 2.17. The predicted octanol–water partition coefficient (Wildman–Crippen LogP) is 2.01. The van der Waals surface area contributed by atoms with Gasteiger partial charge in [0.25, 0.3) is 0 Å². The van der Waals surface area contributed by atoms with Crippen LogP contribution in [0, 0.1) is 24.5 Å². The van der Waals surface area contributed by atoms with Crippen LogP contribution in [0.2, 0.25) is 0 Å². The third-order valence-corrected chi connectivity index (χ3v) is 3.06. The van der Waals surface area contributed by atoms with Gasteiger partial charge in [-0.3, -0.25) is 4.79 Å². The van der Waals surface area contributed by atoms with E-state index in [1.54, 1.807) is 13.0 Å². The first-order chi connectivity index (χ1) is 7.99. The van der Waals surface area contributed by atoms with Crippen LogP contribution in [-0.2, 0) is 4.79 Å². The number of benzene rings is 1. The highest BCUT2D eigenvalue weighted by Crippen LogP contribution is 2.30. The van der Waals surface area contributed by atoms with Gasteiger partial charge in [-0.05, 0) is 25.0 Å². The summed E-state index contributed by atoms with van der Waals surface area (Å²) in [5.74, 6) is -3.23. The number of carbonyl (C=O) groups is 1. The molecule has 2 rings (SSSR count). The number of nitrogens with one attached hydrogen (secondary N) is 1. The second-order valence-corrected chi connectivity index (χ2v) is 4.38. The Bertz CT molecular complexity index is 462. The number of halogens is 2. The molecule has 5 heteroatoms. The molecular weight excluding hydrogens is 228 g/mol. The van der Waals surface area contributed by atoms with Crippen molar-refractivity contribution in [2.24, 2.45) is 5.92 Å². The molecule has 0 saturated carbocycles. The van der Waals surface area contributed by atoms with E-state index in [1.165, 1.54) is 0 Å². The molecule has 1 heterocycles. The van der Waals surface area contributed by atoms with E-state index in [0.717, 1.165) is 6.07 Å². The summed E-state index contributed by atoms with van der Waals surface area (Å²) in [5, 5.41) is 11.8. The Morgan fingerprint density at radius 3 is 2.76 bits per heavy atom. The third kappa shape index (κ3) is 2.29. The van der Waals surface area contributed by atoms with Crippen molar-refractivity contribution in [3.63, 3.8) is 0 Å². The van der Waals surface area contributed by atoms with Gasteiger partial charge in [-0.2, -0.15) is 0 Å². The highest BCUT2D eigenvalue weighted by Gasteiger charge is 2.32. The number of hydrogen-bond acceptors (Lipinski definition) is 2. The largest absolute Gasteiger partial charge is 0.481 e. The maximum Gasteiger partial charge on any atom is 0.307 e. The van der Waals surface area contributed by atoms with Crippen molar-refractivity contribution in [1.29, 1.82) is 0 Å². The van der Waals surface area contributed by atoms with Crippen LogP contribution in [0.3, 0.4) is 0 Å². The van der Waals surface area contributed by atoms with Crippen molar-refractivity contribution < 1.29 is 18.7 Å². The molecule has 0 amide bonds. The number of aryl methyl sites for hydroxylation is 1. The number of aliphatic carboxylic acids is 1. The summed E-state index contributed by atoms with van der Waals surface area (Å²) in [6.07, 6.45) is 0.287. The van der Waals surface area contributed by atoms with E-state index in [4.69, 9.17) is 5.11 Å². The average molecular weight is 241 g/mol. The van der Waals surface area contributed by atoms with Gasteiger partial charge in [-0.15, -0.1) is 0 Å². The summed E-state index contributed by atoms with van der Waals surface area (Å²) < 4.78 is 26.8. The number of hydrogen-bond donors (Lipinski definition) is 2. The standard InChI is InChI=1S/C12H13F2NO2/c1-6-2-8(11(14)9(13)3-6)10-4-7(5-15-10)12(16)17/h2-3,7,10,15H,4-5H2,1H3,(H,16,17). The van der Waals surface area contributed by atoms with E-state index in [1.807, 2.05) is 0 Å². The Kier molecular flexibility index (Phi) is 3.11. The second-order valence-electron chi connectivity index (χ2n) is 4.38. The van der Waals surface area contributed by atoms with E-state index in [-0.39, 0.29) is 18.5 Å². The molecule has 1 aromatic rings. The van der Waals surface area contributed by atoms with Crippen LogP contribution in [0.4, 0.5) is 8.78 Å². The molecule has 0 aromatic heterocycles. The fourth-order valence-corrected chi connectivity index (χ4v) is 2.17.